The van der Waals surface area contributed by atoms with E-state index in [0.29, 0.717) is 6.04 Å². The molecule has 3 rings (SSSR count). The Hall–Kier alpha value is -1.85. The first-order valence-corrected chi connectivity index (χ1v) is 10.5. The van der Waals surface area contributed by atoms with E-state index < -0.39 is 0 Å². The lowest BCUT2D eigenvalue weighted by Crippen LogP contribution is -2.36. The first-order valence-electron chi connectivity index (χ1n) is 9.52. The van der Waals surface area contributed by atoms with Crippen LogP contribution >= 0.6 is 11.3 Å². The number of guanidine groups is 1. The van der Waals surface area contributed by atoms with Gasteiger partial charge in [-0.15, -0.1) is 0 Å². The highest BCUT2D eigenvalue weighted by atomic mass is 32.1. The van der Waals surface area contributed by atoms with Crippen molar-refractivity contribution in [3.05, 3.63) is 57.8 Å². The summed E-state index contributed by atoms with van der Waals surface area (Å²) in [7, 11) is 1.81. The number of likely N-dealkylation sites (tertiary alicyclic amines) is 1. The molecule has 0 radical (unpaired) electrons. The van der Waals surface area contributed by atoms with Gasteiger partial charge in [-0.05, 0) is 59.8 Å². The Balaban J connectivity index is 1.45. The molecular formula is C21H30N4S. The molecule has 0 aliphatic carbocycles. The summed E-state index contributed by atoms with van der Waals surface area (Å²) in [4.78, 5) is 6.90. The van der Waals surface area contributed by atoms with Crippen LogP contribution in [0.5, 0.6) is 0 Å². The fourth-order valence-corrected chi connectivity index (χ4v) is 4.04. The Morgan fingerprint density at radius 1 is 1.08 bits per heavy atom. The average molecular weight is 371 g/mol. The van der Waals surface area contributed by atoms with Crippen LogP contribution in [0.1, 0.15) is 42.9 Å². The molecule has 0 amide bonds. The maximum absolute atomic E-state index is 4.30. The monoisotopic (exact) mass is 370 g/mol. The molecule has 1 aromatic heterocycles. The molecule has 1 aliphatic rings. The van der Waals surface area contributed by atoms with E-state index in [4.69, 9.17) is 0 Å². The maximum Gasteiger partial charge on any atom is 0.191 e. The zero-order valence-corrected chi connectivity index (χ0v) is 16.7. The van der Waals surface area contributed by atoms with Crippen LogP contribution < -0.4 is 10.6 Å². The van der Waals surface area contributed by atoms with Crippen molar-refractivity contribution in [3.63, 3.8) is 0 Å². The molecule has 0 spiro atoms. The van der Waals surface area contributed by atoms with Crippen LogP contribution in [0.3, 0.4) is 0 Å². The summed E-state index contributed by atoms with van der Waals surface area (Å²) in [6.07, 6.45) is 4.05. The second-order valence-corrected chi connectivity index (χ2v) is 7.82. The number of thiophene rings is 1. The van der Waals surface area contributed by atoms with E-state index >= 15 is 0 Å². The first kappa shape index (κ1) is 18.9. The topological polar surface area (TPSA) is 39.7 Å². The van der Waals surface area contributed by atoms with Crippen LogP contribution in [0.2, 0.25) is 0 Å². The van der Waals surface area contributed by atoms with Gasteiger partial charge in [0.05, 0.1) is 0 Å². The Morgan fingerprint density at radius 2 is 1.81 bits per heavy atom. The normalized spacial score (nSPS) is 18.7. The van der Waals surface area contributed by atoms with Crippen LogP contribution in [0.15, 0.2) is 46.1 Å². The van der Waals surface area contributed by atoms with Crippen molar-refractivity contribution in [2.24, 2.45) is 4.99 Å². The van der Waals surface area contributed by atoms with E-state index in [9.17, 15) is 0 Å². The lowest BCUT2D eigenvalue weighted by Gasteiger charge is -2.33. The highest BCUT2D eigenvalue weighted by Gasteiger charge is 2.17. The van der Waals surface area contributed by atoms with Crippen molar-refractivity contribution in [1.29, 1.82) is 0 Å². The summed E-state index contributed by atoms with van der Waals surface area (Å²) < 4.78 is 0. The van der Waals surface area contributed by atoms with E-state index in [1.165, 1.54) is 42.5 Å². The van der Waals surface area contributed by atoms with Crippen LogP contribution in [-0.2, 0) is 19.6 Å². The van der Waals surface area contributed by atoms with E-state index in [0.717, 1.165) is 25.6 Å². The Labute approximate surface area is 161 Å². The van der Waals surface area contributed by atoms with E-state index in [2.05, 4.69) is 68.5 Å². The fourth-order valence-electron chi connectivity index (χ4n) is 3.37. The lowest BCUT2D eigenvalue weighted by molar-refractivity contribution is 0.152. The molecule has 4 nitrogen and oxygen atoms in total. The Bertz CT molecular complexity index is 679. The molecule has 2 heterocycles. The molecular weight excluding hydrogens is 340 g/mol. The van der Waals surface area contributed by atoms with Gasteiger partial charge < -0.3 is 10.6 Å². The lowest BCUT2D eigenvalue weighted by atomic mass is 10.0. The third kappa shape index (κ3) is 5.58. The van der Waals surface area contributed by atoms with Crippen molar-refractivity contribution in [3.8, 4) is 0 Å². The zero-order valence-electron chi connectivity index (χ0n) is 15.9. The molecule has 2 N–H and O–H groups in total. The molecule has 1 aliphatic heterocycles. The predicted octanol–water partition coefficient (Wildman–Crippen LogP) is 3.99. The third-order valence-corrected chi connectivity index (χ3v) is 5.80. The van der Waals surface area contributed by atoms with Crippen LogP contribution in [-0.4, -0.2) is 30.5 Å². The van der Waals surface area contributed by atoms with Crippen molar-refractivity contribution in [2.45, 2.75) is 51.9 Å². The molecule has 0 saturated carbocycles. The quantitative estimate of drug-likeness (QED) is 0.597. The summed E-state index contributed by atoms with van der Waals surface area (Å²) in [5.74, 6) is 0.836. The molecule has 1 atom stereocenters. The number of nitrogens with one attached hydrogen (secondary N) is 2. The van der Waals surface area contributed by atoms with Gasteiger partial charge in [0.2, 0.25) is 0 Å². The van der Waals surface area contributed by atoms with Gasteiger partial charge in [-0.1, -0.05) is 30.7 Å². The second kappa shape index (κ2) is 9.74. The minimum atomic E-state index is 0.711. The number of piperidine rings is 1. The predicted molar refractivity (Wildman–Crippen MR) is 112 cm³/mol. The van der Waals surface area contributed by atoms with Gasteiger partial charge in [0.1, 0.15) is 0 Å². The van der Waals surface area contributed by atoms with Gasteiger partial charge in [0, 0.05) is 32.7 Å². The number of hydrogen-bond donors (Lipinski definition) is 2. The number of aliphatic imine (C=N–C) groups is 1. The van der Waals surface area contributed by atoms with Crippen molar-refractivity contribution < 1.29 is 0 Å². The van der Waals surface area contributed by atoms with Crippen molar-refractivity contribution in [1.82, 2.24) is 15.5 Å². The molecule has 0 bridgehead atoms. The van der Waals surface area contributed by atoms with Crippen LogP contribution in [0.4, 0.5) is 0 Å². The molecule has 1 saturated heterocycles. The molecule has 1 aromatic carbocycles. The van der Waals surface area contributed by atoms with Gasteiger partial charge in [-0.25, -0.2) is 0 Å². The molecule has 1 fully saturated rings. The third-order valence-electron chi connectivity index (χ3n) is 5.07. The van der Waals surface area contributed by atoms with Crippen molar-refractivity contribution >= 4 is 17.3 Å². The van der Waals surface area contributed by atoms with Crippen LogP contribution in [0.25, 0.3) is 0 Å². The summed E-state index contributed by atoms with van der Waals surface area (Å²) >= 11 is 1.72. The second-order valence-electron chi connectivity index (χ2n) is 7.04. The minimum Gasteiger partial charge on any atom is -0.352 e. The highest BCUT2D eigenvalue weighted by Crippen LogP contribution is 2.19. The molecule has 140 valence electrons. The molecule has 1 unspecified atom stereocenters. The van der Waals surface area contributed by atoms with Crippen LogP contribution in [0, 0.1) is 0 Å². The van der Waals surface area contributed by atoms with Gasteiger partial charge in [0.15, 0.2) is 5.96 Å². The number of benzene rings is 1. The summed E-state index contributed by atoms with van der Waals surface area (Å²) in [6, 6.07) is 11.8. The standard InChI is InChI=1S/C21H30N4S/c1-17-5-3-4-11-25(17)15-19-8-6-18(7-9-19)13-23-21(22-2)24-14-20-10-12-26-16-20/h6-10,12,16-17H,3-5,11,13-15H2,1-2H3,(H2,22,23,24). The molecule has 26 heavy (non-hydrogen) atoms. The SMILES string of the molecule is CN=C(NCc1ccc(CN2CCCCC2C)cc1)NCc1ccsc1. The van der Waals surface area contributed by atoms with Gasteiger partial charge in [-0.3, -0.25) is 9.89 Å². The Kier molecular flexibility index (Phi) is 7.09. The number of hydrogen-bond acceptors (Lipinski definition) is 3. The zero-order chi connectivity index (χ0) is 18.2. The van der Waals surface area contributed by atoms with E-state index in [1.54, 1.807) is 11.3 Å². The summed E-state index contributed by atoms with van der Waals surface area (Å²) in [5, 5.41) is 11.0. The maximum atomic E-state index is 4.30. The fraction of sp³-hybridized carbons (Fsp3) is 0.476. The van der Waals surface area contributed by atoms with Crippen molar-refractivity contribution in [2.75, 3.05) is 13.6 Å². The van der Waals surface area contributed by atoms with E-state index in [1.807, 2.05) is 7.05 Å². The minimum absolute atomic E-state index is 0.711. The smallest absolute Gasteiger partial charge is 0.191 e. The highest BCUT2D eigenvalue weighted by molar-refractivity contribution is 7.07. The average Bonchev–Trinajstić information content (AvgIpc) is 3.18. The van der Waals surface area contributed by atoms with Gasteiger partial charge in [-0.2, -0.15) is 11.3 Å². The number of nitrogens with zero attached hydrogens (tertiary/aromatic N) is 2. The Morgan fingerprint density at radius 3 is 2.46 bits per heavy atom. The van der Waals surface area contributed by atoms with E-state index in [-0.39, 0.29) is 0 Å². The largest absolute Gasteiger partial charge is 0.352 e. The molecule has 5 heteroatoms. The van der Waals surface area contributed by atoms with Gasteiger partial charge in [0.25, 0.3) is 0 Å². The number of rotatable bonds is 6. The summed E-state index contributed by atoms with van der Waals surface area (Å²) in [5.41, 5.74) is 3.97. The first-order chi connectivity index (χ1) is 12.7. The van der Waals surface area contributed by atoms with Gasteiger partial charge >= 0.3 is 0 Å². The summed E-state index contributed by atoms with van der Waals surface area (Å²) in [6.45, 7) is 6.24. The molecule has 2 aromatic rings.